The number of carbonyl (C=O) groups is 1. The van der Waals surface area contributed by atoms with Gasteiger partial charge in [0.25, 0.3) is 0 Å². The molecule has 1 saturated heterocycles. The summed E-state index contributed by atoms with van der Waals surface area (Å²) in [5, 5.41) is 10.4. The largest absolute Gasteiger partial charge is 0.388 e. The first-order valence-corrected chi connectivity index (χ1v) is 6.74. The minimum Gasteiger partial charge on any atom is -0.388 e. The van der Waals surface area contributed by atoms with E-state index in [2.05, 4.69) is 0 Å². The van der Waals surface area contributed by atoms with Gasteiger partial charge in [-0.2, -0.15) is 0 Å². The van der Waals surface area contributed by atoms with E-state index in [4.69, 9.17) is 10.5 Å². The minimum absolute atomic E-state index is 0.0259. The number of hydrogen-bond donors (Lipinski definition) is 2. The van der Waals surface area contributed by atoms with E-state index in [-0.39, 0.29) is 11.8 Å². The Balaban J connectivity index is 2.43. The van der Waals surface area contributed by atoms with Crippen molar-refractivity contribution in [1.82, 2.24) is 4.90 Å². The lowest BCUT2D eigenvalue weighted by atomic mass is 9.93. The van der Waals surface area contributed by atoms with E-state index in [1.54, 1.807) is 11.9 Å². The topological polar surface area (TPSA) is 75.8 Å². The maximum absolute atomic E-state index is 12.1. The molecule has 18 heavy (non-hydrogen) atoms. The van der Waals surface area contributed by atoms with Crippen LogP contribution < -0.4 is 5.73 Å². The minimum atomic E-state index is -0.782. The van der Waals surface area contributed by atoms with Gasteiger partial charge < -0.3 is 20.5 Å². The maximum atomic E-state index is 12.1. The van der Waals surface area contributed by atoms with Crippen molar-refractivity contribution >= 4 is 5.91 Å². The average molecular weight is 258 g/mol. The van der Waals surface area contributed by atoms with Crippen LogP contribution in [0.1, 0.15) is 32.6 Å². The number of hydrogen-bond acceptors (Lipinski definition) is 4. The zero-order valence-electron chi connectivity index (χ0n) is 11.5. The highest BCUT2D eigenvalue weighted by molar-refractivity contribution is 5.78. The molecule has 0 spiro atoms. The van der Waals surface area contributed by atoms with Crippen LogP contribution in [-0.4, -0.2) is 54.9 Å². The van der Waals surface area contributed by atoms with Gasteiger partial charge in [-0.3, -0.25) is 4.79 Å². The van der Waals surface area contributed by atoms with Crippen LogP contribution in [0.3, 0.4) is 0 Å². The summed E-state index contributed by atoms with van der Waals surface area (Å²) >= 11 is 0. The van der Waals surface area contributed by atoms with Gasteiger partial charge in [-0.25, -0.2) is 0 Å². The van der Waals surface area contributed by atoms with Gasteiger partial charge in [-0.15, -0.1) is 0 Å². The van der Waals surface area contributed by atoms with Crippen molar-refractivity contribution < 1.29 is 14.6 Å². The zero-order valence-corrected chi connectivity index (χ0v) is 11.5. The van der Waals surface area contributed by atoms with Crippen molar-refractivity contribution in [1.29, 1.82) is 0 Å². The smallest absolute Gasteiger partial charge is 0.225 e. The highest BCUT2D eigenvalue weighted by atomic mass is 16.5. The fourth-order valence-electron chi connectivity index (χ4n) is 2.35. The van der Waals surface area contributed by atoms with Crippen LogP contribution in [0.25, 0.3) is 0 Å². The molecule has 1 amide bonds. The Labute approximate surface area is 109 Å². The van der Waals surface area contributed by atoms with Crippen molar-refractivity contribution in [2.75, 3.05) is 33.4 Å². The van der Waals surface area contributed by atoms with Crippen molar-refractivity contribution in [2.24, 2.45) is 11.7 Å². The van der Waals surface area contributed by atoms with Crippen LogP contribution in [0, 0.1) is 5.92 Å². The van der Waals surface area contributed by atoms with Crippen LogP contribution in [-0.2, 0) is 9.53 Å². The van der Waals surface area contributed by atoms with Gasteiger partial charge in [-0.05, 0) is 19.4 Å². The number of likely N-dealkylation sites (N-methyl/N-ethyl adjacent to an activating group) is 1. The summed E-state index contributed by atoms with van der Waals surface area (Å²) in [7, 11) is 1.76. The second kappa shape index (κ2) is 7.07. The Bertz CT molecular complexity index is 265. The molecule has 5 nitrogen and oxygen atoms in total. The summed E-state index contributed by atoms with van der Waals surface area (Å²) in [5.74, 6) is 0.0605. The second-order valence-electron chi connectivity index (χ2n) is 5.36. The summed E-state index contributed by atoms with van der Waals surface area (Å²) in [5.41, 5.74) is 4.66. The lowest BCUT2D eigenvalue weighted by Crippen LogP contribution is -2.48. The van der Waals surface area contributed by atoms with Gasteiger partial charge in [0.15, 0.2) is 0 Å². The number of ether oxygens (including phenoxy) is 1. The number of rotatable bonds is 6. The van der Waals surface area contributed by atoms with Gasteiger partial charge in [-0.1, -0.05) is 6.92 Å². The first-order chi connectivity index (χ1) is 8.48. The molecule has 0 aliphatic carbocycles. The molecule has 0 bridgehead atoms. The number of aliphatic hydroxyl groups is 1. The van der Waals surface area contributed by atoms with Crippen molar-refractivity contribution in [3.05, 3.63) is 0 Å². The number of nitrogens with zero attached hydrogens (tertiary/aromatic N) is 1. The molecule has 1 fully saturated rings. The Morgan fingerprint density at radius 2 is 2.11 bits per heavy atom. The van der Waals surface area contributed by atoms with E-state index in [1.165, 1.54) is 0 Å². The molecule has 0 saturated carbocycles. The summed E-state index contributed by atoms with van der Waals surface area (Å²) in [6.45, 7) is 4.07. The molecule has 0 aromatic heterocycles. The van der Waals surface area contributed by atoms with Crippen LogP contribution in [0.15, 0.2) is 0 Å². The van der Waals surface area contributed by atoms with E-state index < -0.39 is 5.60 Å². The first kappa shape index (κ1) is 15.4. The van der Waals surface area contributed by atoms with E-state index in [9.17, 15) is 9.90 Å². The normalized spacial score (nSPS) is 20.4. The molecule has 106 valence electrons. The van der Waals surface area contributed by atoms with Crippen molar-refractivity contribution in [3.63, 3.8) is 0 Å². The van der Waals surface area contributed by atoms with Crippen molar-refractivity contribution in [2.45, 2.75) is 38.2 Å². The van der Waals surface area contributed by atoms with Gasteiger partial charge in [0.2, 0.25) is 5.91 Å². The Morgan fingerprint density at radius 3 is 2.67 bits per heavy atom. The monoisotopic (exact) mass is 258 g/mol. The Morgan fingerprint density at radius 1 is 1.50 bits per heavy atom. The molecule has 0 radical (unpaired) electrons. The molecule has 1 aliphatic heterocycles. The Hall–Kier alpha value is -0.650. The summed E-state index contributed by atoms with van der Waals surface area (Å²) < 4.78 is 5.23. The molecule has 0 aromatic rings. The predicted octanol–water partition coefficient (Wildman–Crippen LogP) is 0.361. The van der Waals surface area contributed by atoms with E-state index in [0.29, 0.717) is 39.1 Å². The standard InChI is InChI=1S/C13H26N2O3/c1-11(4-3-7-14)12(16)15(2)10-13(17)5-8-18-9-6-13/h11,17H,3-10,14H2,1-2H3. The first-order valence-electron chi connectivity index (χ1n) is 6.74. The molecule has 3 N–H and O–H groups in total. The van der Waals surface area contributed by atoms with Gasteiger partial charge in [0, 0.05) is 45.6 Å². The van der Waals surface area contributed by atoms with Gasteiger partial charge in [0.1, 0.15) is 0 Å². The molecule has 1 aliphatic rings. The quantitative estimate of drug-likeness (QED) is 0.721. The van der Waals surface area contributed by atoms with Crippen LogP contribution in [0.5, 0.6) is 0 Å². The molecule has 1 unspecified atom stereocenters. The lowest BCUT2D eigenvalue weighted by Gasteiger charge is -2.36. The number of nitrogens with two attached hydrogens (primary N) is 1. The van der Waals surface area contributed by atoms with Gasteiger partial charge in [0.05, 0.1) is 5.60 Å². The third-order valence-electron chi connectivity index (χ3n) is 3.59. The SMILES string of the molecule is CC(CCCN)C(=O)N(C)CC1(O)CCOCC1. The molecular weight excluding hydrogens is 232 g/mol. The number of carbonyl (C=O) groups excluding carboxylic acids is 1. The van der Waals surface area contributed by atoms with Crippen LogP contribution in [0.2, 0.25) is 0 Å². The fourth-order valence-corrected chi connectivity index (χ4v) is 2.35. The second-order valence-corrected chi connectivity index (χ2v) is 5.36. The molecule has 5 heteroatoms. The molecular formula is C13H26N2O3. The summed E-state index contributed by atoms with van der Waals surface area (Å²) in [6, 6.07) is 0. The van der Waals surface area contributed by atoms with E-state index in [0.717, 1.165) is 12.8 Å². The molecule has 1 heterocycles. The average Bonchev–Trinajstić information content (AvgIpc) is 2.35. The van der Waals surface area contributed by atoms with Crippen LogP contribution in [0.4, 0.5) is 0 Å². The Kier molecular flexibility index (Phi) is 6.05. The van der Waals surface area contributed by atoms with Crippen LogP contribution >= 0.6 is 0 Å². The third kappa shape index (κ3) is 4.55. The third-order valence-corrected chi connectivity index (χ3v) is 3.59. The fraction of sp³-hybridized carbons (Fsp3) is 0.923. The van der Waals surface area contributed by atoms with Gasteiger partial charge >= 0.3 is 0 Å². The zero-order chi connectivity index (χ0) is 13.6. The molecule has 1 atom stereocenters. The highest BCUT2D eigenvalue weighted by Gasteiger charge is 2.33. The highest BCUT2D eigenvalue weighted by Crippen LogP contribution is 2.22. The lowest BCUT2D eigenvalue weighted by molar-refractivity contribution is -0.140. The molecule has 1 rings (SSSR count). The summed E-state index contributed by atoms with van der Waals surface area (Å²) in [4.78, 5) is 13.8. The van der Waals surface area contributed by atoms with E-state index in [1.807, 2.05) is 6.92 Å². The maximum Gasteiger partial charge on any atom is 0.225 e. The van der Waals surface area contributed by atoms with E-state index >= 15 is 0 Å². The number of amides is 1. The summed E-state index contributed by atoms with van der Waals surface area (Å²) in [6.07, 6.45) is 2.86. The predicted molar refractivity (Wildman–Crippen MR) is 70.1 cm³/mol. The van der Waals surface area contributed by atoms with Crippen molar-refractivity contribution in [3.8, 4) is 0 Å². The molecule has 0 aromatic carbocycles.